The van der Waals surface area contributed by atoms with Gasteiger partial charge in [0, 0.05) is 37.8 Å². The number of nitrogens with one attached hydrogen (secondary N) is 1. The van der Waals surface area contributed by atoms with Gasteiger partial charge in [-0.1, -0.05) is 18.2 Å². The lowest BCUT2D eigenvalue weighted by Gasteiger charge is -2.29. The molecule has 102 valence electrons. The quantitative estimate of drug-likeness (QED) is 0.845. The summed E-state index contributed by atoms with van der Waals surface area (Å²) < 4.78 is 0. The van der Waals surface area contributed by atoms with Crippen LogP contribution < -0.4 is 5.32 Å². The molecule has 0 bridgehead atoms. The monoisotopic (exact) mass is 260 g/mol. The van der Waals surface area contributed by atoms with Crippen LogP contribution in [0.4, 0.5) is 5.69 Å². The highest BCUT2D eigenvalue weighted by molar-refractivity contribution is 5.86. The summed E-state index contributed by atoms with van der Waals surface area (Å²) in [6.07, 6.45) is 1.78. The molecule has 2 aliphatic rings. The minimum atomic E-state index is -0.0186. The van der Waals surface area contributed by atoms with Crippen LogP contribution in [0.2, 0.25) is 0 Å². The molecule has 2 unspecified atom stereocenters. The maximum absolute atomic E-state index is 12.6. The van der Waals surface area contributed by atoms with Crippen molar-refractivity contribution in [1.29, 1.82) is 0 Å². The Labute approximate surface area is 113 Å². The van der Waals surface area contributed by atoms with E-state index < -0.39 is 0 Å². The Balaban J connectivity index is 1.78. The number of para-hydroxylation sites is 1. The number of carbonyl (C=O) groups is 1. The van der Waals surface area contributed by atoms with Crippen molar-refractivity contribution in [1.82, 2.24) is 4.90 Å². The van der Waals surface area contributed by atoms with E-state index in [9.17, 15) is 9.90 Å². The summed E-state index contributed by atoms with van der Waals surface area (Å²) in [7, 11) is 0. The molecule has 1 fully saturated rings. The Bertz CT molecular complexity index is 475. The molecule has 1 amide bonds. The van der Waals surface area contributed by atoms with Gasteiger partial charge in [-0.3, -0.25) is 4.79 Å². The number of fused-ring (bicyclic) bond motifs is 1. The van der Waals surface area contributed by atoms with Gasteiger partial charge in [0.15, 0.2) is 0 Å². The van der Waals surface area contributed by atoms with E-state index in [1.54, 1.807) is 0 Å². The predicted octanol–water partition coefficient (Wildman–Crippen LogP) is 1.43. The van der Waals surface area contributed by atoms with Gasteiger partial charge in [-0.25, -0.2) is 0 Å². The third-order valence-electron chi connectivity index (χ3n) is 4.24. The van der Waals surface area contributed by atoms with Crippen molar-refractivity contribution in [2.24, 2.45) is 5.92 Å². The van der Waals surface area contributed by atoms with Gasteiger partial charge in [0.05, 0.1) is 5.92 Å². The summed E-state index contributed by atoms with van der Waals surface area (Å²) in [5.41, 5.74) is 2.20. The summed E-state index contributed by atoms with van der Waals surface area (Å²) >= 11 is 0. The smallest absolute Gasteiger partial charge is 0.230 e. The molecular formula is C15H20N2O2. The van der Waals surface area contributed by atoms with E-state index in [1.807, 2.05) is 29.2 Å². The van der Waals surface area contributed by atoms with Gasteiger partial charge in [-0.2, -0.15) is 0 Å². The molecule has 1 aromatic rings. The van der Waals surface area contributed by atoms with Crippen LogP contribution in [0.15, 0.2) is 24.3 Å². The van der Waals surface area contributed by atoms with Crippen molar-refractivity contribution < 1.29 is 9.90 Å². The van der Waals surface area contributed by atoms with Crippen molar-refractivity contribution >= 4 is 11.6 Å². The van der Waals surface area contributed by atoms with Gasteiger partial charge < -0.3 is 15.3 Å². The van der Waals surface area contributed by atoms with Crippen LogP contribution in [0.25, 0.3) is 0 Å². The summed E-state index contributed by atoms with van der Waals surface area (Å²) in [5, 5.41) is 12.5. The van der Waals surface area contributed by atoms with Crippen molar-refractivity contribution in [3.8, 4) is 0 Å². The zero-order valence-corrected chi connectivity index (χ0v) is 11.0. The van der Waals surface area contributed by atoms with Gasteiger partial charge in [0.25, 0.3) is 0 Å². The average Bonchev–Trinajstić information content (AvgIpc) is 2.95. The first-order chi connectivity index (χ1) is 9.29. The first kappa shape index (κ1) is 12.5. The zero-order chi connectivity index (χ0) is 13.2. The molecule has 0 spiro atoms. The Morgan fingerprint density at radius 2 is 2.21 bits per heavy atom. The summed E-state index contributed by atoms with van der Waals surface area (Å²) in [5.74, 6) is 0.473. The SMILES string of the molecule is O=C(C1CCNc2ccccc21)N1CCC(CO)C1. The van der Waals surface area contributed by atoms with E-state index >= 15 is 0 Å². The van der Waals surface area contributed by atoms with Crippen LogP contribution in [-0.4, -0.2) is 42.2 Å². The van der Waals surface area contributed by atoms with Gasteiger partial charge in [-0.05, 0) is 24.5 Å². The number of likely N-dealkylation sites (tertiary alicyclic amines) is 1. The van der Waals surface area contributed by atoms with E-state index in [4.69, 9.17) is 0 Å². The molecule has 0 aromatic heterocycles. The van der Waals surface area contributed by atoms with E-state index in [2.05, 4.69) is 5.32 Å². The minimum Gasteiger partial charge on any atom is -0.396 e. The van der Waals surface area contributed by atoms with Crippen LogP contribution >= 0.6 is 0 Å². The third-order valence-corrected chi connectivity index (χ3v) is 4.24. The molecule has 2 aliphatic heterocycles. The van der Waals surface area contributed by atoms with Crippen molar-refractivity contribution in [3.05, 3.63) is 29.8 Å². The van der Waals surface area contributed by atoms with Crippen LogP contribution in [0.3, 0.4) is 0 Å². The second-order valence-corrected chi connectivity index (χ2v) is 5.48. The number of aliphatic hydroxyl groups is 1. The lowest BCUT2D eigenvalue weighted by molar-refractivity contribution is -0.132. The number of nitrogens with zero attached hydrogens (tertiary/aromatic N) is 1. The van der Waals surface area contributed by atoms with Crippen LogP contribution in [0.5, 0.6) is 0 Å². The number of hydrogen-bond donors (Lipinski definition) is 2. The molecule has 4 heteroatoms. The number of anilines is 1. The second kappa shape index (κ2) is 5.21. The van der Waals surface area contributed by atoms with Gasteiger partial charge in [-0.15, -0.1) is 0 Å². The number of benzene rings is 1. The molecule has 2 N–H and O–H groups in total. The predicted molar refractivity (Wildman–Crippen MR) is 74.1 cm³/mol. The fraction of sp³-hybridized carbons (Fsp3) is 0.533. The molecular weight excluding hydrogens is 240 g/mol. The molecule has 3 rings (SSSR count). The van der Waals surface area contributed by atoms with Crippen LogP contribution in [-0.2, 0) is 4.79 Å². The molecule has 2 heterocycles. The number of aliphatic hydroxyl groups excluding tert-OH is 1. The van der Waals surface area contributed by atoms with Crippen molar-refractivity contribution in [3.63, 3.8) is 0 Å². The maximum Gasteiger partial charge on any atom is 0.230 e. The van der Waals surface area contributed by atoms with Crippen molar-refractivity contribution in [2.45, 2.75) is 18.8 Å². The Morgan fingerprint density at radius 3 is 3.00 bits per heavy atom. The molecule has 1 saturated heterocycles. The fourth-order valence-electron chi connectivity index (χ4n) is 3.13. The minimum absolute atomic E-state index is 0.0186. The van der Waals surface area contributed by atoms with E-state index in [-0.39, 0.29) is 24.3 Å². The summed E-state index contributed by atoms with van der Waals surface area (Å²) in [4.78, 5) is 14.6. The summed E-state index contributed by atoms with van der Waals surface area (Å²) in [6.45, 7) is 2.54. The number of rotatable bonds is 2. The van der Waals surface area contributed by atoms with Gasteiger partial charge in [0.1, 0.15) is 0 Å². The molecule has 4 nitrogen and oxygen atoms in total. The van der Waals surface area contributed by atoms with Crippen molar-refractivity contribution in [2.75, 3.05) is 31.6 Å². The molecule has 0 radical (unpaired) electrons. The number of carbonyl (C=O) groups excluding carboxylic acids is 1. The van der Waals surface area contributed by atoms with E-state index in [0.29, 0.717) is 6.54 Å². The highest BCUT2D eigenvalue weighted by atomic mass is 16.3. The van der Waals surface area contributed by atoms with Gasteiger partial charge in [0.2, 0.25) is 5.91 Å². The lowest BCUT2D eigenvalue weighted by Crippen LogP contribution is -2.36. The van der Waals surface area contributed by atoms with Gasteiger partial charge >= 0.3 is 0 Å². The van der Waals surface area contributed by atoms with E-state index in [1.165, 1.54) is 0 Å². The number of hydrogen-bond acceptors (Lipinski definition) is 3. The average molecular weight is 260 g/mol. The molecule has 0 aliphatic carbocycles. The fourth-order valence-corrected chi connectivity index (χ4v) is 3.13. The molecule has 0 saturated carbocycles. The highest BCUT2D eigenvalue weighted by Crippen LogP contribution is 2.33. The standard InChI is InChI=1S/C15H20N2O2/c18-10-11-6-8-17(9-11)15(19)13-5-7-16-14-4-2-1-3-12(13)14/h1-4,11,13,16,18H,5-10H2. The topological polar surface area (TPSA) is 52.6 Å². The first-order valence-corrected chi connectivity index (χ1v) is 7.02. The lowest BCUT2D eigenvalue weighted by atomic mass is 9.90. The van der Waals surface area contributed by atoms with Crippen LogP contribution in [0, 0.1) is 5.92 Å². The summed E-state index contributed by atoms with van der Waals surface area (Å²) in [6, 6.07) is 8.07. The largest absolute Gasteiger partial charge is 0.396 e. The normalized spacial score (nSPS) is 25.8. The zero-order valence-electron chi connectivity index (χ0n) is 11.0. The second-order valence-electron chi connectivity index (χ2n) is 5.48. The molecule has 19 heavy (non-hydrogen) atoms. The Hall–Kier alpha value is -1.55. The molecule has 1 aromatic carbocycles. The maximum atomic E-state index is 12.6. The number of amides is 1. The Morgan fingerprint density at radius 1 is 1.37 bits per heavy atom. The first-order valence-electron chi connectivity index (χ1n) is 7.02. The van der Waals surface area contributed by atoms with Crippen LogP contribution in [0.1, 0.15) is 24.3 Å². The Kier molecular flexibility index (Phi) is 3.42. The third kappa shape index (κ3) is 2.32. The highest BCUT2D eigenvalue weighted by Gasteiger charge is 2.33. The molecule has 2 atom stereocenters. The van der Waals surface area contributed by atoms with E-state index in [0.717, 1.165) is 37.2 Å².